The average Bonchev–Trinajstić information content (AvgIpc) is 2.48. The lowest BCUT2D eigenvalue weighted by atomic mass is 9.69. The first kappa shape index (κ1) is 15.0. The fraction of sp³-hybridized carbons (Fsp3) is 0.667. The van der Waals surface area contributed by atoms with Crippen LogP contribution in [0.15, 0.2) is 24.3 Å². The Labute approximate surface area is 126 Å². The fourth-order valence-corrected chi connectivity index (χ4v) is 4.09. The van der Waals surface area contributed by atoms with Crippen LogP contribution in [0.3, 0.4) is 0 Å². The Kier molecular flexibility index (Phi) is 4.06. The zero-order valence-corrected chi connectivity index (χ0v) is 12.8. The molecule has 3 rings (SSSR count). The van der Waals surface area contributed by atoms with Crippen LogP contribution in [0.5, 0.6) is 0 Å². The van der Waals surface area contributed by atoms with Crippen LogP contribution in [-0.4, -0.2) is 17.3 Å². The second kappa shape index (κ2) is 5.69. The monoisotopic (exact) mass is 292 g/mol. The van der Waals surface area contributed by atoms with Gasteiger partial charge in [0, 0.05) is 6.61 Å². The van der Waals surface area contributed by atoms with Gasteiger partial charge in [-0.3, -0.25) is 0 Å². The third-order valence-corrected chi connectivity index (χ3v) is 5.46. The molecular formula is C18H25FO2. The van der Waals surface area contributed by atoms with Crippen molar-refractivity contribution in [3.05, 3.63) is 35.6 Å². The van der Waals surface area contributed by atoms with E-state index >= 15 is 0 Å². The second-order valence-corrected chi connectivity index (χ2v) is 6.94. The van der Waals surface area contributed by atoms with E-state index in [4.69, 9.17) is 4.74 Å². The summed E-state index contributed by atoms with van der Waals surface area (Å²) in [6, 6.07) is 6.39. The summed E-state index contributed by atoms with van der Waals surface area (Å²) in [5, 5.41) is 11.0. The summed E-state index contributed by atoms with van der Waals surface area (Å²) >= 11 is 0. The van der Waals surface area contributed by atoms with E-state index in [1.54, 1.807) is 6.07 Å². The Hall–Kier alpha value is -0.930. The number of halogens is 1. The molecule has 0 bridgehead atoms. The summed E-state index contributed by atoms with van der Waals surface area (Å²) < 4.78 is 19.6. The van der Waals surface area contributed by atoms with Crippen molar-refractivity contribution in [2.75, 3.05) is 6.61 Å². The summed E-state index contributed by atoms with van der Waals surface area (Å²) in [7, 11) is 0. The SMILES string of the molecule is CC(O)(c1cccc(F)c1)C1CCOC2(CCCCC2)C1. The maximum atomic E-state index is 13.5. The molecule has 116 valence electrons. The van der Waals surface area contributed by atoms with E-state index in [-0.39, 0.29) is 17.3 Å². The number of benzene rings is 1. The van der Waals surface area contributed by atoms with Crippen LogP contribution < -0.4 is 0 Å². The van der Waals surface area contributed by atoms with E-state index in [1.165, 1.54) is 31.4 Å². The average molecular weight is 292 g/mol. The van der Waals surface area contributed by atoms with Gasteiger partial charge in [0.2, 0.25) is 0 Å². The van der Waals surface area contributed by atoms with Crippen molar-refractivity contribution < 1.29 is 14.2 Å². The normalized spacial score (nSPS) is 28.2. The zero-order valence-electron chi connectivity index (χ0n) is 12.8. The van der Waals surface area contributed by atoms with Crippen molar-refractivity contribution in [2.24, 2.45) is 5.92 Å². The lowest BCUT2D eigenvalue weighted by Gasteiger charge is -2.47. The molecule has 1 aliphatic carbocycles. The van der Waals surface area contributed by atoms with Crippen molar-refractivity contribution in [1.29, 1.82) is 0 Å². The van der Waals surface area contributed by atoms with Crippen LogP contribution in [-0.2, 0) is 10.3 Å². The fourth-order valence-electron chi connectivity index (χ4n) is 4.09. The third kappa shape index (κ3) is 3.00. The molecule has 1 saturated carbocycles. The van der Waals surface area contributed by atoms with Crippen molar-refractivity contribution in [3.63, 3.8) is 0 Å². The van der Waals surface area contributed by atoms with Gasteiger partial charge in [0.15, 0.2) is 0 Å². The van der Waals surface area contributed by atoms with Crippen LogP contribution in [0.25, 0.3) is 0 Å². The van der Waals surface area contributed by atoms with E-state index in [9.17, 15) is 9.50 Å². The van der Waals surface area contributed by atoms with E-state index in [2.05, 4.69) is 0 Å². The minimum atomic E-state index is -0.990. The van der Waals surface area contributed by atoms with Crippen molar-refractivity contribution in [1.82, 2.24) is 0 Å². The molecule has 2 atom stereocenters. The Morgan fingerprint density at radius 3 is 2.76 bits per heavy atom. The molecule has 1 spiro atoms. The van der Waals surface area contributed by atoms with E-state index in [0.717, 1.165) is 25.7 Å². The van der Waals surface area contributed by atoms with Crippen LogP contribution in [0.4, 0.5) is 4.39 Å². The zero-order chi connectivity index (χ0) is 14.9. The van der Waals surface area contributed by atoms with Gasteiger partial charge in [0.1, 0.15) is 5.82 Å². The number of hydrogen-bond donors (Lipinski definition) is 1. The molecule has 3 heteroatoms. The van der Waals surface area contributed by atoms with E-state index < -0.39 is 5.60 Å². The summed E-state index contributed by atoms with van der Waals surface area (Å²) in [5.41, 5.74) is -0.352. The standard InChI is InChI=1S/C18H25FO2/c1-17(20,14-6-5-7-16(19)12-14)15-8-11-21-18(13-15)9-3-2-4-10-18/h5-7,12,15,20H,2-4,8-11,13H2,1H3. The summed E-state index contributed by atoms with van der Waals surface area (Å²) in [5.74, 6) is -0.154. The van der Waals surface area contributed by atoms with Gasteiger partial charge in [0.25, 0.3) is 0 Å². The molecule has 1 heterocycles. The van der Waals surface area contributed by atoms with E-state index in [0.29, 0.717) is 12.2 Å². The molecule has 2 fully saturated rings. The molecule has 1 saturated heterocycles. The van der Waals surface area contributed by atoms with Crippen LogP contribution >= 0.6 is 0 Å². The van der Waals surface area contributed by atoms with Gasteiger partial charge in [-0.25, -0.2) is 4.39 Å². The van der Waals surface area contributed by atoms with Crippen LogP contribution in [0, 0.1) is 11.7 Å². The van der Waals surface area contributed by atoms with Gasteiger partial charge in [-0.05, 0) is 56.2 Å². The highest BCUT2D eigenvalue weighted by Gasteiger charge is 2.45. The topological polar surface area (TPSA) is 29.5 Å². The molecular weight excluding hydrogens is 267 g/mol. The van der Waals surface area contributed by atoms with Gasteiger partial charge >= 0.3 is 0 Å². The van der Waals surface area contributed by atoms with Crippen molar-refractivity contribution in [3.8, 4) is 0 Å². The molecule has 2 unspecified atom stereocenters. The Morgan fingerprint density at radius 2 is 2.05 bits per heavy atom. The summed E-state index contributed by atoms with van der Waals surface area (Å²) in [6.45, 7) is 2.53. The molecule has 0 amide bonds. The number of rotatable bonds is 2. The first-order valence-electron chi connectivity index (χ1n) is 8.14. The smallest absolute Gasteiger partial charge is 0.123 e. The lowest BCUT2D eigenvalue weighted by molar-refractivity contribution is -0.154. The molecule has 21 heavy (non-hydrogen) atoms. The molecule has 2 aliphatic rings. The second-order valence-electron chi connectivity index (χ2n) is 6.94. The predicted octanol–water partition coefficient (Wildman–Crippen LogP) is 4.16. The molecule has 0 radical (unpaired) electrons. The highest BCUT2D eigenvalue weighted by molar-refractivity contribution is 5.24. The minimum Gasteiger partial charge on any atom is -0.385 e. The van der Waals surface area contributed by atoms with Gasteiger partial charge in [-0.15, -0.1) is 0 Å². The van der Waals surface area contributed by atoms with Gasteiger partial charge in [-0.1, -0.05) is 31.4 Å². The maximum absolute atomic E-state index is 13.5. The van der Waals surface area contributed by atoms with Gasteiger partial charge in [-0.2, -0.15) is 0 Å². The summed E-state index contributed by atoms with van der Waals surface area (Å²) in [6.07, 6.45) is 7.65. The molecule has 2 nitrogen and oxygen atoms in total. The lowest BCUT2D eigenvalue weighted by Crippen LogP contribution is -2.47. The van der Waals surface area contributed by atoms with Crippen LogP contribution in [0.1, 0.15) is 57.4 Å². The highest BCUT2D eigenvalue weighted by Crippen LogP contribution is 2.46. The molecule has 1 N–H and O–H groups in total. The van der Waals surface area contributed by atoms with E-state index in [1.807, 2.05) is 13.0 Å². The molecule has 1 aromatic rings. The first-order chi connectivity index (χ1) is 10.0. The van der Waals surface area contributed by atoms with Crippen LogP contribution in [0.2, 0.25) is 0 Å². The minimum absolute atomic E-state index is 0.0432. The number of aliphatic hydroxyl groups is 1. The van der Waals surface area contributed by atoms with Crippen molar-refractivity contribution >= 4 is 0 Å². The Balaban J connectivity index is 1.81. The predicted molar refractivity (Wildman–Crippen MR) is 80.5 cm³/mol. The first-order valence-corrected chi connectivity index (χ1v) is 8.14. The van der Waals surface area contributed by atoms with Gasteiger partial charge in [0.05, 0.1) is 11.2 Å². The Morgan fingerprint density at radius 1 is 1.29 bits per heavy atom. The molecule has 1 aliphatic heterocycles. The number of hydrogen-bond acceptors (Lipinski definition) is 2. The largest absolute Gasteiger partial charge is 0.385 e. The Bertz CT molecular complexity index is 486. The number of ether oxygens (including phenoxy) is 1. The molecule has 0 aromatic heterocycles. The van der Waals surface area contributed by atoms with Gasteiger partial charge < -0.3 is 9.84 Å². The third-order valence-electron chi connectivity index (χ3n) is 5.46. The van der Waals surface area contributed by atoms with Crippen molar-refractivity contribution in [2.45, 2.75) is 63.1 Å². The molecule has 1 aromatic carbocycles. The summed E-state index contributed by atoms with van der Waals surface area (Å²) in [4.78, 5) is 0. The quantitative estimate of drug-likeness (QED) is 0.886. The maximum Gasteiger partial charge on any atom is 0.123 e. The highest BCUT2D eigenvalue weighted by atomic mass is 19.1.